The van der Waals surface area contributed by atoms with Gasteiger partial charge in [0, 0.05) is 25.4 Å². The fourth-order valence-corrected chi connectivity index (χ4v) is 3.15. The molecule has 0 amide bonds. The molecule has 1 aliphatic rings. The van der Waals surface area contributed by atoms with E-state index in [9.17, 15) is 4.39 Å². The van der Waals surface area contributed by atoms with Crippen molar-refractivity contribution < 1.29 is 4.39 Å². The van der Waals surface area contributed by atoms with E-state index >= 15 is 0 Å². The number of aromatic nitrogens is 2. The van der Waals surface area contributed by atoms with Crippen molar-refractivity contribution in [2.24, 2.45) is 7.05 Å². The van der Waals surface area contributed by atoms with E-state index in [4.69, 9.17) is 0 Å². The van der Waals surface area contributed by atoms with E-state index in [1.165, 1.54) is 19.3 Å². The second-order valence-electron chi connectivity index (χ2n) is 5.84. The topological polar surface area (TPSA) is 21.1 Å². The molecule has 0 radical (unpaired) electrons. The number of benzene rings is 1. The summed E-state index contributed by atoms with van der Waals surface area (Å²) in [5, 5.41) is 4.57. The van der Waals surface area contributed by atoms with Crippen molar-refractivity contribution in [3.05, 3.63) is 53.6 Å². The second-order valence-corrected chi connectivity index (χ2v) is 5.84. The van der Waals surface area contributed by atoms with Crippen molar-refractivity contribution in [3.8, 4) is 0 Å². The molecule has 0 saturated carbocycles. The molecule has 3 rings (SSSR count). The monoisotopic (exact) mass is 287 g/mol. The third-order valence-corrected chi connectivity index (χ3v) is 4.27. The minimum absolute atomic E-state index is 0.110. The number of halogens is 1. The van der Waals surface area contributed by atoms with Gasteiger partial charge >= 0.3 is 0 Å². The summed E-state index contributed by atoms with van der Waals surface area (Å²) >= 11 is 0. The lowest BCUT2D eigenvalue weighted by Gasteiger charge is -2.28. The van der Waals surface area contributed by atoms with Crippen LogP contribution in [0.5, 0.6) is 0 Å². The van der Waals surface area contributed by atoms with Gasteiger partial charge in [-0.15, -0.1) is 0 Å². The first-order chi connectivity index (χ1) is 10.2. The second kappa shape index (κ2) is 6.39. The summed E-state index contributed by atoms with van der Waals surface area (Å²) in [6.45, 7) is 1.67. The molecule has 0 spiro atoms. The van der Waals surface area contributed by atoms with E-state index in [0.717, 1.165) is 24.2 Å². The van der Waals surface area contributed by atoms with Gasteiger partial charge in [-0.3, -0.25) is 9.58 Å². The molecule has 3 nitrogen and oxygen atoms in total. The van der Waals surface area contributed by atoms with Gasteiger partial charge in [0.2, 0.25) is 0 Å². The van der Waals surface area contributed by atoms with Crippen LogP contribution in [-0.4, -0.2) is 21.2 Å². The number of hydrogen-bond acceptors (Lipinski definition) is 2. The minimum Gasteiger partial charge on any atom is -0.290 e. The lowest BCUT2D eigenvalue weighted by atomic mass is 10.1. The van der Waals surface area contributed by atoms with Crippen molar-refractivity contribution in [3.63, 3.8) is 0 Å². The fourth-order valence-electron chi connectivity index (χ4n) is 3.15. The Morgan fingerprint density at radius 1 is 1.19 bits per heavy atom. The van der Waals surface area contributed by atoms with Crippen LogP contribution in [0, 0.1) is 5.82 Å². The number of aryl methyl sites for hydroxylation is 1. The standard InChI is InChI=1S/C17H22FN3/c1-20-12-10-16(19-20)17-9-3-2-6-11-21(17)13-14-7-4-5-8-15(14)18/h4-5,7-8,10,12,17H,2-3,6,9,11,13H2,1H3/t17-/m0/s1. The molecule has 1 saturated heterocycles. The summed E-state index contributed by atoms with van der Waals surface area (Å²) in [6.07, 6.45) is 6.73. The van der Waals surface area contributed by atoms with E-state index in [1.807, 2.05) is 30.1 Å². The lowest BCUT2D eigenvalue weighted by molar-refractivity contribution is 0.185. The van der Waals surface area contributed by atoms with E-state index < -0.39 is 0 Å². The highest BCUT2D eigenvalue weighted by molar-refractivity contribution is 5.18. The normalized spacial score (nSPS) is 20.4. The third-order valence-electron chi connectivity index (χ3n) is 4.27. The van der Waals surface area contributed by atoms with Crippen LogP contribution in [0.1, 0.15) is 43.0 Å². The van der Waals surface area contributed by atoms with Crippen LogP contribution in [0.15, 0.2) is 36.5 Å². The van der Waals surface area contributed by atoms with Gasteiger partial charge in [0.1, 0.15) is 5.82 Å². The average Bonchev–Trinajstić information content (AvgIpc) is 2.77. The Balaban J connectivity index is 1.84. The number of rotatable bonds is 3. The fraction of sp³-hybridized carbons (Fsp3) is 0.471. The zero-order valence-corrected chi connectivity index (χ0v) is 12.5. The molecule has 1 aromatic heterocycles. The van der Waals surface area contributed by atoms with Crippen LogP contribution in [0.4, 0.5) is 4.39 Å². The SMILES string of the molecule is Cn1ccc([C@@H]2CCCCCN2Cc2ccccc2F)n1. The predicted octanol–water partition coefficient (Wildman–Crippen LogP) is 3.68. The molecule has 1 aliphatic heterocycles. The molecule has 112 valence electrons. The molecule has 2 aromatic rings. The lowest BCUT2D eigenvalue weighted by Crippen LogP contribution is -2.29. The maximum atomic E-state index is 13.9. The molecule has 0 bridgehead atoms. The average molecular weight is 287 g/mol. The van der Waals surface area contributed by atoms with Gasteiger partial charge in [-0.05, 0) is 31.5 Å². The highest BCUT2D eigenvalue weighted by Gasteiger charge is 2.25. The van der Waals surface area contributed by atoms with Crippen LogP contribution in [0.3, 0.4) is 0 Å². The van der Waals surface area contributed by atoms with E-state index in [2.05, 4.69) is 16.1 Å². The van der Waals surface area contributed by atoms with Crippen LogP contribution in [-0.2, 0) is 13.6 Å². The van der Waals surface area contributed by atoms with Crippen LogP contribution in [0.25, 0.3) is 0 Å². The molecule has 1 aromatic carbocycles. The first-order valence-electron chi connectivity index (χ1n) is 7.71. The maximum absolute atomic E-state index is 13.9. The Bertz CT molecular complexity index is 593. The summed E-state index contributed by atoms with van der Waals surface area (Å²) < 4.78 is 15.8. The highest BCUT2D eigenvalue weighted by Crippen LogP contribution is 2.30. The minimum atomic E-state index is -0.110. The molecule has 2 heterocycles. The summed E-state index contributed by atoms with van der Waals surface area (Å²) in [4.78, 5) is 2.38. The van der Waals surface area contributed by atoms with Crippen LogP contribution < -0.4 is 0 Å². The Morgan fingerprint density at radius 3 is 2.81 bits per heavy atom. The van der Waals surface area contributed by atoms with Crippen LogP contribution >= 0.6 is 0 Å². The summed E-state index contributed by atoms with van der Waals surface area (Å²) in [7, 11) is 1.95. The van der Waals surface area contributed by atoms with Crippen LogP contribution in [0.2, 0.25) is 0 Å². The summed E-state index contributed by atoms with van der Waals surface area (Å²) in [6, 6.07) is 9.47. The zero-order valence-electron chi connectivity index (χ0n) is 12.5. The van der Waals surface area contributed by atoms with Gasteiger partial charge in [-0.1, -0.05) is 31.0 Å². The molecule has 0 aliphatic carbocycles. The molecule has 4 heteroatoms. The Hall–Kier alpha value is -1.68. The molecular formula is C17H22FN3. The van der Waals surface area contributed by atoms with Gasteiger partial charge in [-0.25, -0.2) is 4.39 Å². The van der Waals surface area contributed by atoms with E-state index in [-0.39, 0.29) is 5.82 Å². The number of likely N-dealkylation sites (tertiary alicyclic amines) is 1. The zero-order chi connectivity index (χ0) is 14.7. The third kappa shape index (κ3) is 3.32. The molecule has 21 heavy (non-hydrogen) atoms. The Labute approximate surface area is 125 Å². The summed E-state index contributed by atoms with van der Waals surface area (Å²) in [5.41, 5.74) is 1.89. The Kier molecular flexibility index (Phi) is 4.34. The largest absolute Gasteiger partial charge is 0.290 e. The van der Waals surface area contributed by atoms with Gasteiger partial charge in [0.15, 0.2) is 0 Å². The molecule has 1 fully saturated rings. The summed E-state index contributed by atoms with van der Waals surface area (Å²) in [5.74, 6) is -0.110. The van der Waals surface area contributed by atoms with Gasteiger partial charge in [-0.2, -0.15) is 5.10 Å². The molecule has 0 unspecified atom stereocenters. The van der Waals surface area contributed by atoms with Crippen molar-refractivity contribution in [1.82, 2.24) is 14.7 Å². The quantitative estimate of drug-likeness (QED) is 0.858. The highest BCUT2D eigenvalue weighted by atomic mass is 19.1. The first-order valence-corrected chi connectivity index (χ1v) is 7.71. The Morgan fingerprint density at radius 2 is 2.05 bits per heavy atom. The smallest absolute Gasteiger partial charge is 0.127 e. The van der Waals surface area contributed by atoms with Crippen molar-refractivity contribution in [1.29, 1.82) is 0 Å². The van der Waals surface area contributed by atoms with Crippen molar-refractivity contribution in [2.45, 2.75) is 38.3 Å². The predicted molar refractivity (Wildman–Crippen MR) is 81.2 cm³/mol. The number of nitrogens with zero attached hydrogens (tertiary/aromatic N) is 3. The van der Waals surface area contributed by atoms with E-state index in [1.54, 1.807) is 12.1 Å². The van der Waals surface area contributed by atoms with Crippen molar-refractivity contribution in [2.75, 3.05) is 6.54 Å². The molecule has 1 atom stereocenters. The first kappa shape index (κ1) is 14.3. The van der Waals surface area contributed by atoms with E-state index in [0.29, 0.717) is 12.6 Å². The van der Waals surface area contributed by atoms with Gasteiger partial charge in [0.05, 0.1) is 11.7 Å². The van der Waals surface area contributed by atoms with Gasteiger partial charge in [0.25, 0.3) is 0 Å². The molecule has 0 N–H and O–H groups in total. The van der Waals surface area contributed by atoms with Gasteiger partial charge < -0.3 is 0 Å². The number of hydrogen-bond donors (Lipinski definition) is 0. The molecular weight excluding hydrogens is 265 g/mol. The van der Waals surface area contributed by atoms with Crippen molar-refractivity contribution >= 4 is 0 Å². The maximum Gasteiger partial charge on any atom is 0.127 e.